The molecule has 10 heavy (non-hydrogen) atoms. The molecular formula is C8H16Te2. The van der Waals surface area contributed by atoms with E-state index in [9.17, 15) is 0 Å². The fourth-order valence-corrected chi connectivity index (χ4v) is 3.41. The first-order valence-corrected chi connectivity index (χ1v) is 10.3. The molecule has 0 aliphatic heterocycles. The fraction of sp³-hybridized carbons (Fsp3) is 0.750. The molecule has 0 aliphatic carbocycles. The van der Waals surface area contributed by atoms with Crippen molar-refractivity contribution in [3.63, 3.8) is 0 Å². The molecular weight excluding hydrogens is 351 g/mol. The second-order valence-electron chi connectivity index (χ2n) is 1.79. The van der Waals surface area contributed by atoms with Gasteiger partial charge in [0.05, 0.1) is 0 Å². The van der Waals surface area contributed by atoms with Crippen LogP contribution in [0.2, 0.25) is 17.9 Å². The Morgan fingerprint density at radius 2 is 1.30 bits per heavy atom. The van der Waals surface area contributed by atoms with Gasteiger partial charge in [-0.25, -0.2) is 0 Å². The summed E-state index contributed by atoms with van der Waals surface area (Å²) >= 11 is 0.764. The molecule has 0 radical (unpaired) electrons. The molecule has 0 spiro atoms. The molecule has 0 atom stereocenters. The van der Waals surface area contributed by atoms with E-state index in [-0.39, 0.29) is 0 Å². The summed E-state index contributed by atoms with van der Waals surface area (Å²) in [5, 5.41) is 0. The molecule has 0 saturated carbocycles. The monoisotopic (exact) mass is 372 g/mol. The Balaban J connectivity index is 2.89. The van der Waals surface area contributed by atoms with Crippen LogP contribution < -0.4 is 0 Å². The summed E-state index contributed by atoms with van der Waals surface area (Å²) in [6.45, 7) is 4.60. The molecule has 0 aromatic carbocycles. The van der Waals surface area contributed by atoms with E-state index < -0.39 is 0 Å². The molecule has 60 valence electrons. The summed E-state index contributed by atoms with van der Waals surface area (Å²) in [6.07, 6.45) is 4.82. The van der Waals surface area contributed by atoms with Gasteiger partial charge < -0.3 is 0 Å². The van der Waals surface area contributed by atoms with Gasteiger partial charge in [0, 0.05) is 0 Å². The van der Waals surface area contributed by atoms with Gasteiger partial charge in [-0.05, 0) is 0 Å². The standard InChI is InChI=1S/C8H16Te2/c1-3-9-7-5-6-8-10-4-2/h5-6H,3-4,7-8H2,1-2H3/b6-5+. The van der Waals surface area contributed by atoms with Gasteiger partial charge in [0.2, 0.25) is 0 Å². The molecule has 0 heterocycles. The van der Waals surface area contributed by atoms with Crippen LogP contribution in [0.25, 0.3) is 0 Å². The van der Waals surface area contributed by atoms with Gasteiger partial charge in [0.1, 0.15) is 0 Å². The van der Waals surface area contributed by atoms with E-state index in [4.69, 9.17) is 0 Å². The average molecular weight is 367 g/mol. The zero-order chi connectivity index (χ0) is 7.66. The zero-order valence-corrected chi connectivity index (χ0v) is 11.5. The summed E-state index contributed by atoms with van der Waals surface area (Å²) in [5.41, 5.74) is 0. The third kappa shape index (κ3) is 9.32. The molecule has 0 amide bonds. The normalized spacial score (nSPS) is 11.0. The summed E-state index contributed by atoms with van der Waals surface area (Å²) in [7, 11) is 0. The molecule has 0 aliphatic rings. The first-order chi connectivity index (χ1) is 4.91. The van der Waals surface area contributed by atoms with Crippen LogP contribution in [-0.2, 0) is 0 Å². The van der Waals surface area contributed by atoms with Crippen molar-refractivity contribution >= 4 is 41.8 Å². The zero-order valence-electron chi connectivity index (χ0n) is 6.80. The van der Waals surface area contributed by atoms with Crippen molar-refractivity contribution in [3.05, 3.63) is 12.2 Å². The van der Waals surface area contributed by atoms with Gasteiger partial charge in [-0.3, -0.25) is 0 Å². The molecule has 0 bridgehead atoms. The van der Waals surface area contributed by atoms with Crippen LogP contribution in [0.5, 0.6) is 0 Å². The van der Waals surface area contributed by atoms with Crippen molar-refractivity contribution in [3.8, 4) is 0 Å². The fourth-order valence-electron chi connectivity index (χ4n) is 0.508. The van der Waals surface area contributed by atoms with Crippen molar-refractivity contribution < 1.29 is 0 Å². The molecule has 0 saturated heterocycles. The van der Waals surface area contributed by atoms with E-state index in [0.29, 0.717) is 41.8 Å². The number of hydrogen-bond donors (Lipinski definition) is 0. The van der Waals surface area contributed by atoms with Crippen LogP contribution in [0.4, 0.5) is 0 Å². The third-order valence-corrected chi connectivity index (χ3v) is 5.78. The van der Waals surface area contributed by atoms with Crippen LogP contribution >= 0.6 is 0 Å². The summed E-state index contributed by atoms with van der Waals surface area (Å²) < 4.78 is 5.77. The van der Waals surface area contributed by atoms with Crippen molar-refractivity contribution in [2.45, 2.75) is 31.7 Å². The third-order valence-electron chi connectivity index (χ3n) is 1.00. The van der Waals surface area contributed by atoms with Crippen LogP contribution in [0.1, 0.15) is 13.8 Å². The molecule has 2 heteroatoms. The Hall–Kier alpha value is 1.32. The average Bonchev–Trinajstić information content (AvgIpc) is 1.97. The predicted octanol–water partition coefficient (Wildman–Crippen LogP) is 2.66. The Morgan fingerprint density at radius 1 is 0.900 bits per heavy atom. The summed E-state index contributed by atoms with van der Waals surface area (Å²) in [4.78, 5) is 0. The van der Waals surface area contributed by atoms with E-state index in [1.54, 1.807) is 0 Å². The van der Waals surface area contributed by atoms with Crippen LogP contribution in [0, 0.1) is 0 Å². The molecule has 0 unspecified atom stereocenters. The first-order valence-electron chi connectivity index (χ1n) is 3.72. The van der Waals surface area contributed by atoms with Crippen LogP contribution in [0.15, 0.2) is 12.2 Å². The van der Waals surface area contributed by atoms with Gasteiger partial charge in [0.25, 0.3) is 0 Å². The first kappa shape index (κ1) is 11.3. The summed E-state index contributed by atoms with van der Waals surface area (Å²) in [6, 6.07) is 0. The minimum atomic E-state index is 0.382. The Kier molecular flexibility index (Phi) is 11.7. The Morgan fingerprint density at radius 3 is 1.60 bits per heavy atom. The van der Waals surface area contributed by atoms with Crippen molar-refractivity contribution in [1.29, 1.82) is 0 Å². The maximum absolute atomic E-state index is 2.41. The molecule has 0 rings (SSSR count). The molecule has 0 fully saturated rings. The van der Waals surface area contributed by atoms with E-state index in [0.717, 1.165) is 0 Å². The van der Waals surface area contributed by atoms with Crippen LogP contribution in [-0.4, -0.2) is 41.8 Å². The van der Waals surface area contributed by atoms with Crippen molar-refractivity contribution in [2.24, 2.45) is 0 Å². The number of rotatable bonds is 6. The number of hydrogen-bond acceptors (Lipinski definition) is 0. The predicted molar refractivity (Wildman–Crippen MR) is 51.2 cm³/mol. The topological polar surface area (TPSA) is 0 Å². The van der Waals surface area contributed by atoms with Crippen LogP contribution in [0.3, 0.4) is 0 Å². The van der Waals surface area contributed by atoms with E-state index in [2.05, 4.69) is 26.0 Å². The minimum absolute atomic E-state index is 0.382. The van der Waals surface area contributed by atoms with Gasteiger partial charge >= 0.3 is 85.7 Å². The maximum atomic E-state index is 2.41. The SMILES string of the molecule is CC[Te]C/C=C/C[Te]CC. The number of allylic oxidation sites excluding steroid dienone is 2. The molecule has 0 N–H and O–H groups in total. The van der Waals surface area contributed by atoms with Crippen molar-refractivity contribution in [1.82, 2.24) is 0 Å². The second kappa shape index (κ2) is 10.3. The molecule has 0 aromatic rings. The van der Waals surface area contributed by atoms with E-state index in [1.807, 2.05) is 0 Å². The van der Waals surface area contributed by atoms with Gasteiger partial charge in [0.15, 0.2) is 0 Å². The van der Waals surface area contributed by atoms with E-state index >= 15 is 0 Å². The Bertz CT molecular complexity index is 69.3. The molecule has 0 nitrogen and oxygen atoms in total. The van der Waals surface area contributed by atoms with Gasteiger partial charge in [-0.2, -0.15) is 0 Å². The van der Waals surface area contributed by atoms with E-state index in [1.165, 1.54) is 17.9 Å². The van der Waals surface area contributed by atoms with Gasteiger partial charge in [-0.1, -0.05) is 0 Å². The van der Waals surface area contributed by atoms with Crippen molar-refractivity contribution in [2.75, 3.05) is 0 Å². The Labute approximate surface area is 85.0 Å². The molecule has 0 aromatic heterocycles. The quantitative estimate of drug-likeness (QED) is 0.385. The summed E-state index contributed by atoms with van der Waals surface area (Å²) in [5.74, 6) is 0. The van der Waals surface area contributed by atoms with Gasteiger partial charge in [-0.15, -0.1) is 0 Å². The second-order valence-corrected chi connectivity index (χ2v) is 9.32.